The number of para-hydroxylation sites is 1. The molecule has 3 aliphatic heterocycles. The Labute approximate surface area is 201 Å². The van der Waals surface area contributed by atoms with Gasteiger partial charge in [0.1, 0.15) is 18.2 Å². The fraction of sp³-hybridized carbons (Fsp3) is 0.609. The first kappa shape index (κ1) is 23.1. The van der Waals surface area contributed by atoms with E-state index in [0.29, 0.717) is 25.8 Å². The van der Waals surface area contributed by atoms with E-state index in [1.54, 1.807) is 28.4 Å². The summed E-state index contributed by atoms with van der Waals surface area (Å²) in [5.41, 5.74) is 1.55. The second kappa shape index (κ2) is 8.53. The zero-order valence-corrected chi connectivity index (χ0v) is 20.2. The van der Waals surface area contributed by atoms with E-state index in [4.69, 9.17) is 0 Å². The van der Waals surface area contributed by atoms with Gasteiger partial charge in [-0.25, -0.2) is 4.68 Å². The van der Waals surface area contributed by atoms with Crippen molar-refractivity contribution in [2.45, 2.75) is 54.8 Å². The number of amides is 3. The van der Waals surface area contributed by atoms with E-state index in [1.165, 1.54) is 0 Å². The number of thioether (sulfide) groups is 1. The number of aliphatic hydroxyl groups is 1. The topological polar surface area (TPSA) is 129 Å². The third-order valence-electron chi connectivity index (χ3n) is 7.68. The van der Waals surface area contributed by atoms with Gasteiger partial charge in [-0.2, -0.15) is 0 Å². The summed E-state index contributed by atoms with van der Waals surface area (Å²) >= 11 is 1.64. The van der Waals surface area contributed by atoms with E-state index in [1.807, 2.05) is 31.2 Å². The first-order valence-electron chi connectivity index (χ1n) is 11.8. The number of carbonyl (C=O) groups is 3. The number of aromatic nitrogens is 3. The van der Waals surface area contributed by atoms with Crippen LogP contribution >= 0.6 is 11.8 Å². The van der Waals surface area contributed by atoms with Crippen molar-refractivity contribution >= 4 is 40.5 Å². The van der Waals surface area contributed by atoms with Crippen molar-refractivity contribution in [3.63, 3.8) is 0 Å². The number of fused-ring (bicyclic) bond motifs is 2. The highest BCUT2D eigenvalue weighted by molar-refractivity contribution is 8.02. The number of hydrogen-bond acceptors (Lipinski definition) is 7. The lowest BCUT2D eigenvalue weighted by atomic mass is 9.66. The van der Waals surface area contributed by atoms with Crippen LogP contribution in [-0.4, -0.2) is 78.5 Å². The Hall–Kier alpha value is -2.66. The summed E-state index contributed by atoms with van der Waals surface area (Å²) in [5.74, 6) is -1.52. The molecule has 34 heavy (non-hydrogen) atoms. The Morgan fingerprint density at radius 1 is 1.24 bits per heavy atom. The van der Waals surface area contributed by atoms with Crippen molar-refractivity contribution < 1.29 is 19.5 Å². The van der Waals surface area contributed by atoms with Gasteiger partial charge in [0.2, 0.25) is 17.7 Å². The molecule has 5 rings (SSSR count). The summed E-state index contributed by atoms with van der Waals surface area (Å²) in [4.78, 5) is 42.0. The Bertz CT molecular complexity index is 1140. The number of benzene rings is 1. The van der Waals surface area contributed by atoms with Crippen molar-refractivity contribution in [3.05, 3.63) is 24.3 Å². The summed E-state index contributed by atoms with van der Waals surface area (Å²) in [6.07, 6.45) is 2.62. The number of nitrogens with one attached hydrogen (secondary N) is 2. The molecule has 5 atom stereocenters. The minimum absolute atomic E-state index is 0.0283. The first-order valence-corrected chi connectivity index (χ1v) is 12.6. The lowest BCUT2D eigenvalue weighted by Crippen LogP contribution is -2.54. The lowest BCUT2D eigenvalue weighted by molar-refractivity contribution is -0.140. The van der Waals surface area contributed by atoms with E-state index >= 15 is 0 Å². The van der Waals surface area contributed by atoms with Gasteiger partial charge in [-0.3, -0.25) is 14.4 Å². The monoisotopic (exact) mass is 486 g/mol. The summed E-state index contributed by atoms with van der Waals surface area (Å²) in [7, 11) is 1.60. The fourth-order valence-electron chi connectivity index (χ4n) is 6.20. The number of nitrogens with zero attached hydrogens (tertiary/aromatic N) is 4. The van der Waals surface area contributed by atoms with E-state index in [9.17, 15) is 19.5 Å². The Morgan fingerprint density at radius 2 is 2.03 bits per heavy atom. The highest BCUT2D eigenvalue weighted by atomic mass is 32.2. The van der Waals surface area contributed by atoms with Gasteiger partial charge in [0.05, 0.1) is 22.1 Å². The molecule has 3 fully saturated rings. The quantitative estimate of drug-likeness (QED) is 0.464. The molecule has 182 valence electrons. The van der Waals surface area contributed by atoms with Crippen LogP contribution < -0.4 is 10.6 Å². The minimum Gasteiger partial charge on any atom is -0.396 e. The molecule has 3 saturated heterocycles. The van der Waals surface area contributed by atoms with Crippen molar-refractivity contribution in [2.75, 3.05) is 20.2 Å². The average molecular weight is 487 g/mol. The molecule has 1 aromatic carbocycles. The molecule has 0 saturated carbocycles. The maximum Gasteiger partial charge on any atom is 0.245 e. The molecule has 1 aromatic heterocycles. The van der Waals surface area contributed by atoms with Crippen LogP contribution in [0.1, 0.15) is 32.6 Å². The van der Waals surface area contributed by atoms with E-state index in [0.717, 1.165) is 17.5 Å². The molecule has 3 amide bonds. The predicted octanol–water partition coefficient (Wildman–Crippen LogP) is 0.505. The lowest BCUT2D eigenvalue weighted by Gasteiger charge is -2.34. The van der Waals surface area contributed by atoms with Crippen molar-refractivity contribution in [3.8, 4) is 0 Å². The molecule has 3 aliphatic rings. The second-order valence-corrected chi connectivity index (χ2v) is 11.5. The van der Waals surface area contributed by atoms with Crippen LogP contribution in [0.4, 0.5) is 0 Å². The predicted molar refractivity (Wildman–Crippen MR) is 126 cm³/mol. The first-order chi connectivity index (χ1) is 16.4. The molecule has 2 bridgehead atoms. The molecule has 2 aromatic rings. The molecule has 2 unspecified atom stereocenters. The molecule has 10 nitrogen and oxygen atoms in total. The second-order valence-electron chi connectivity index (χ2n) is 9.58. The Balaban J connectivity index is 1.45. The highest BCUT2D eigenvalue weighted by Gasteiger charge is 2.76. The minimum atomic E-state index is -0.681. The molecular weight excluding hydrogens is 456 g/mol. The molecule has 3 N–H and O–H groups in total. The summed E-state index contributed by atoms with van der Waals surface area (Å²) < 4.78 is 0.609. The van der Waals surface area contributed by atoms with Gasteiger partial charge >= 0.3 is 0 Å². The van der Waals surface area contributed by atoms with Gasteiger partial charge < -0.3 is 20.6 Å². The third kappa shape index (κ3) is 3.31. The van der Waals surface area contributed by atoms with Crippen LogP contribution in [0.2, 0.25) is 0 Å². The van der Waals surface area contributed by atoms with E-state index < -0.39 is 22.6 Å². The van der Waals surface area contributed by atoms with Crippen LogP contribution in [-0.2, 0) is 21.1 Å². The Morgan fingerprint density at radius 3 is 2.79 bits per heavy atom. The molecule has 0 aliphatic carbocycles. The van der Waals surface area contributed by atoms with Crippen LogP contribution in [0.15, 0.2) is 24.3 Å². The highest BCUT2D eigenvalue weighted by Crippen LogP contribution is 2.71. The van der Waals surface area contributed by atoms with E-state index in [2.05, 4.69) is 20.9 Å². The number of hydrogen-bond donors (Lipinski definition) is 3. The van der Waals surface area contributed by atoms with Gasteiger partial charge in [0.15, 0.2) is 0 Å². The van der Waals surface area contributed by atoms with Crippen LogP contribution in [0.3, 0.4) is 0 Å². The third-order valence-corrected chi connectivity index (χ3v) is 9.67. The molecule has 11 heteroatoms. The zero-order chi connectivity index (χ0) is 24.1. The van der Waals surface area contributed by atoms with Crippen LogP contribution in [0, 0.1) is 11.8 Å². The number of likely N-dealkylation sites (tertiary alicyclic amines) is 1. The van der Waals surface area contributed by atoms with Crippen molar-refractivity contribution in [2.24, 2.45) is 11.8 Å². The summed E-state index contributed by atoms with van der Waals surface area (Å²) in [5, 5.41) is 23.3. The summed E-state index contributed by atoms with van der Waals surface area (Å²) in [6.45, 7) is 2.58. The fourth-order valence-corrected chi connectivity index (χ4v) is 8.56. The Kier molecular flexibility index (Phi) is 5.79. The average Bonchev–Trinajstić information content (AvgIpc) is 3.53. The number of rotatable bonds is 8. The van der Waals surface area contributed by atoms with Gasteiger partial charge in [-0.15, -0.1) is 16.9 Å². The maximum atomic E-state index is 13.7. The van der Waals surface area contributed by atoms with Crippen molar-refractivity contribution in [1.82, 2.24) is 30.5 Å². The van der Waals surface area contributed by atoms with Crippen LogP contribution in [0.25, 0.3) is 11.0 Å². The van der Waals surface area contributed by atoms with Crippen molar-refractivity contribution in [1.29, 1.82) is 0 Å². The molecular formula is C23H30N6O4S. The van der Waals surface area contributed by atoms with Gasteiger partial charge in [0, 0.05) is 24.9 Å². The zero-order valence-electron chi connectivity index (χ0n) is 19.4. The van der Waals surface area contributed by atoms with Gasteiger partial charge in [-0.1, -0.05) is 17.3 Å². The molecule has 4 heterocycles. The largest absolute Gasteiger partial charge is 0.396 e. The van der Waals surface area contributed by atoms with Gasteiger partial charge in [-0.05, 0) is 44.7 Å². The number of aliphatic hydroxyl groups excluding tert-OH is 1. The normalized spacial score (nSPS) is 31.8. The number of unbranched alkanes of at least 4 members (excludes halogenated alkanes) is 1. The van der Waals surface area contributed by atoms with E-state index in [-0.39, 0.29) is 35.7 Å². The molecule has 1 spiro atoms. The standard InChI is InChI=1S/C23H30N6O4S/c1-22-9-10-23(34-22)17(16(22)19(31)24-2)21(33)28(11-5-6-12-30)18(23)20(32)25-13-29-15-8-4-3-7-14(15)26-27-29/h3-4,7-8,16-18,30H,5-6,9-13H2,1-2H3,(H,24,31)(H,25,32)/t16-,17+,18?,22+,23?/m1/s1. The number of carbonyl (C=O) groups excluding carboxylic acids is 3. The summed E-state index contributed by atoms with van der Waals surface area (Å²) in [6, 6.07) is 6.83. The van der Waals surface area contributed by atoms with Gasteiger partial charge in [0.25, 0.3) is 0 Å². The SMILES string of the molecule is CNC(=O)[C@H]1[C@H]2C(=O)N(CCCCO)C(C(=O)NCn3nnc4ccccc43)C23CC[C@]1(C)S3. The molecule has 0 radical (unpaired) electrons. The smallest absolute Gasteiger partial charge is 0.245 e. The van der Waals surface area contributed by atoms with Crippen LogP contribution in [0.5, 0.6) is 0 Å². The maximum absolute atomic E-state index is 13.7.